The SMILES string of the molecule is C=CC.O=C(OC(=O)c1cccc2ccccc12)c1cccc2ccccc12. The maximum Gasteiger partial charge on any atom is 0.346 e. The van der Waals surface area contributed by atoms with Gasteiger partial charge in [-0.1, -0.05) is 78.9 Å². The van der Waals surface area contributed by atoms with Crippen molar-refractivity contribution in [3.05, 3.63) is 109 Å². The van der Waals surface area contributed by atoms with E-state index < -0.39 is 11.9 Å². The highest BCUT2D eigenvalue weighted by Crippen LogP contribution is 2.22. The molecule has 0 saturated heterocycles. The van der Waals surface area contributed by atoms with Crippen LogP contribution in [0.3, 0.4) is 0 Å². The lowest BCUT2D eigenvalue weighted by Crippen LogP contribution is -2.13. The molecule has 0 aliphatic heterocycles. The monoisotopic (exact) mass is 368 g/mol. The van der Waals surface area contributed by atoms with Gasteiger partial charge < -0.3 is 4.74 Å². The molecule has 0 radical (unpaired) electrons. The maximum absolute atomic E-state index is 12.5. The molecule has 0 aromatic heterocycles. The summed E-state index contributed by atoms with van der Waals surface area (Å²) in [6, 6.07) is 25.7. The van der Waals surface area contributed by atoms with Gasteiger partial charge in [-0.25, -0.2) is 9.59 Å². The minimum Gasteiger partial charge on any atom is -0.386 e. The number of benzene rings is 4. The highest BCUT2D eigenvalue weighted by atomic mass is 16.6. The number of allylic oxidation sites excluding steroid dienone is 1. The molecule has 4 rings (SSSR count). The number of carbonyl (C=O) groups is 2. The number of hydrogen-bond acceptors (Lipinski definition) is 3. The maximum atomic E-state index is 12.5. The number of ether oxygens (including phenoxy) is 1. The molecule has 4 aromatic rings. The minimum absolute atomic E-state index is 0.381. The highest BCUT2D eigenvalue weighted by Gasteiger charge is 2.18. The van der Waals surface area contributed by atoms with Gasteiger partial charge in [0.2, 0.25) is 0 Å². The Kier molecular flexibility index (Phi) is 5.97. The molecular formula is C25H20O3. The minimum atomic E-state index is -0.644. The molecule has 0 spiro atoms. The van der Waals surface area contributed by atoms with Crippen molar-refractivity contribution < 1.29 is 14.3 Å². The normalized spacial score (nSPS) is 10.0. The van der Waals surface area contributed by atoms with Gasteiger partial charge in [-0.15, -0.1) is 6.58 Å². The number of carbonyl (C=O) groups excluding carboxylic acids is 2. The lowest BCUT2D eigenvalue weighted by Gasteiger charge is -2.08. The van der Waals surface area contributed by atoms with E-state index in [0.717, 1.165) is 21.5 Å². The summed E-state index contributed by atoms with van der Waals surface area (Å²) in [4.78, 5) is 25.1. The second kappa shape index (κ2) is 8.78. The van der Waals surface area contributed by atoms with Gasteiger partial charge in [-0.2, -0.15) is 0 Å². The number of rotatable bonds is 2. The molecule has 0 aliphatic rings. The fourth-order valence-corrected chi connectivity index (χ4v) is 3.00. The third-order valence-corrected chi connectivity index (χ3v) is 4.20. The topological polar surface area (TPSA) is 43.4 Å². The van der Waals surface area contributed by atoms with Crippen LogP contribution in [0.4, 0.5) is 0 Å². The van der Waals surface area contributed by atoms with Crippen LogP contribution in [0.15, 0.2) is 97.6 Å². The van der Waals surface area contributed by atoms with Gasteiger partial charge in [0.1, 0.15) is 0 Å². The number of hydrogen-bond donors (Lipinski definition) is 0. The predicted molar refractivity (Wildman–Crippen MR) is 114 cm³/mol. The molecule has 3 heteroatoms. The van der Waals surface area contributed by atoms with Gasteiger partial charge in [0, 0.05) is 0 Å². The van der Waals surface area contributed by atoms with Gasteiger partial charge in [0.25, 0.3) is 0 Å². The van der Waals surface area contributed by atoms with Crippen molar-refractivity contribution in [3.63, 3.8) is 0 Å². The Hall–Kier alpha value is -3.72. The Labute approximate surface area is 163 Å². The van der Waals surface area contributed by atoms with Crippen molar-refractivity contribution in [2.45, 2.75) is 6.92 Å². The van der Waals surface area contributed by atoms with Gasteiger partial charge in [0.05, 0.1) is 11.1 Å². The summed E-state index contributed by atoms with van der Waals surface area (Å²) in [7, 11) is 0. The third-order valence-electron chi connectivity index (χ3n) is 4.20. The summed E-state index contributed by atoms with van der Waals surface area (Å²) in [5.74, 6) is -1.29. The average molecular weight is 368 g/mol. The highest BCUT2D eigenvalue weighted by molar-refractivity contribution is 6.12. The van der Waals surface area contributed by atoms with Crippen LogP contribution in [0, 0.1) is 0 Å². The molecular weight excluding hydrogens is 348 g/mol. The van der Waals surface area contributed by atoms with Crippen molar-refractivity contribution in [1.29, 1.82) is 0 Å². The Morgan fingerprint density at radius 1 is 0.679 bits per heavy atom. The summed E-state index contributed by atoms with van der Waals surface area (Å²) in [5.41, 5.74) is 0.762. The number of fused-ring (bicyclic) bond motifs is 2. The van der Waals surface area contributed by atoms with Crippen LogP contribution in [0.2, 0.25) is 0 Å². The summed E-state index contributed by atoms with van der Waals surface area (Å²) < 4.78 is 5.16. The first-order valence-corrected chi connectivity index (χ1v) is 8.94. The summed E-state index contributed by atoms with van der Waals surface area (Å²) in [6.45, 7) is 5.25. The van der Waals surface area contributed by atoms with E-state index in [4.69, 9.17) is 4.74 Å². The molecule has 0 atom stereocenters. The molecule has 3 nitrogen and oxygen atoms in total. The lowest BCUT2D eigenvalue weighted by molar-refractivity contribution is 0.0400. The molecule has 4 aromatic carbocycles. The van der Waals surface area contributed by atoms with Crippen LogP contribution in [0.25, 0.3) is 21.5 Å². The van der Waals surface area contributed by atoms with Crippen molar-refractivity contribution in [3.8, 4) is 0 Å². The summed E-state index contributed by atoms with van der Waals surface area (Å²) in [6.07, 6.45) is 1.75. The molecule has 28 heavy (non-hydrogen) atoms. The number of esters is 2. The van der Waals surface area contributed by atoms with Gasteiger partial charge in [-0.3, -0.25) is 0 Å². The summed E-state index contributed by atoms with van der Waals surface area (Å²) >= 11 is 0. The molecule has 0 bridgehead atoms. The molecule has 0 N–H and O–H groups in total. The zero-order chi connectivity index (χ0) is 19.9. The van der Waals surface area contributed by atoms with Crippen molar-refractivity contribution in [1.82, 2.24) is 0 Å². The van der Waals surface area contributed by atoms with Crippen molar-refractivity contribution in [2.24, 2.45) is 0 Å². The Morgan fingerprint density at radius 3 is 1.46 bits per heavy atom. The van der Waals surface area contributed by atoms with Crippen LogP contribution >= 0.6 is 0 Å². The Bertz CT molecular complexity index is 1060. The van der Waals surface area contributed by atoms with E-state index >= 15 is 0 Å². The van der Waals surface area contributed by atoms with E-state index in [1.165, 1.54) is 0 Å². The second-order valence-corrected chi connectivity index (χ2v) is 6.14. The first kappa shape index (κ1) is 19.1. The molecule has 0 unspecified atom stereocenters. The van der Waals surface area contributed by atoms with E-state index in [1.54, 1.807) is 30.3 Å². The summed E-state index contributed by atoms with van der Waals surface area (Å²) in [5, 5.41) is 3.38. The van der Waals surface area contributed by atoms with Crippen LogP contribution in [-0.4, -0.2) is 11.9 Å². The Morgan fingerprint density at radius 2 is 1.04 bits per heavy atom. The van der Waals surface area contributed by atoms with E-state index in [-0.39, 0.29) is 0 Å². The lowest BCUT2D eigenvalue weighted by atomic mass is 10.0. The van der Waals surface area contributed by atoms with Gasteiger partial charge >= 0.3 is 11.9 Å². The second-order valence-electron chi connectivity index (χ2n) is 6.14. The van der Waals surface area contributed by atoms with Crippen molar-refractivity contribution >= 4 is 33.5 Å². The average Bonchev–Trinajstić information content (AvgIpc) is 2.73. The molecule has 0 heterocycles. The molecule has 0 saturated carbocycles. The molecule has 0 aliphatic carbocycles. The van der Waals surface area contributed by atoms with Crippen molar-refractivity contribution in [2.75, 3.05) is 0 Å². The molecule has 0 fully saturated rings. The largest absolute Gasteiger partial charge is 0.386 e. The smallest absolute Gasteiger partial charge is 0.346 e. The first-order chi connectivity index (χ1) is 13.7. The van der Waals surface area contributed by atoms with Crippen LogP contribution in [-0.2, 0) is 4.74 Å². The Balaban J connectivity index is 0.000000706. The van der Waals surface area contributed by atoms with Crippen LogP contribution in [0.1, 0.15) is 27.6 Å². The van der Waals surface area contributed by atoms with Crippen LogP contribution < -0.4 is 0 Å². The quantitative estimate of drug-likeness (QED) is 0.241. The van der Waals surface area contributed by atoms with Crippen LogP contribution in [0.5, 0.6) is 0 Å². The van der Waals surface area contributed by atoms with Gasteiger partial charge in [0.15, 0.2) is 0 Å². The fourth-order valence-electron chi connectivity index (χ4n) is 3.00. The fraction of sp³-hybridized carbons (Fsp3) is 0.0400. The van der Waals surface area contributed by atoms with E-state index in [9.17, 15) is 9.59 Å². The molecule has 0 amide bonds. The zero-order valence-electron chi connectivity index (χ0n) is 15.6. The first-order valence-electron chi connectivity index (χ1n) is 8.94. The van der Waals surface area contributed by atoms with E-state index in [2.05, 4.69) is 6.58 Å². The predicted octanol–water partition coefficient (Wildman–Crippen LogP) is 6.18. The standard InChI is InChI=1S/C22H14O3.C3H6/c23-21(19-13-5-9-15-7-1-3-11-17(15)19)25-22(24)20-14-6-10-16-8-2-4-12-18(16)20;1-3-2/h1-14H;3H,1H2,2H3. The molecule has 138 valence electrons. The van der Waals surface area contributed by atoms with E-state index in [1.807, 2.05) is 67.6 Å². The third kappa shape index (κ3) is 3.99. The zero-order valence-corrected chi connectivity index (χ0v) is 15.6. The van der Waals surface area contributed by atoms with E-state index in [0.29, 0.717) is 11.1 Å². The van der Waals surface area contributed by atoms with Gasteiger partial charge in [-0.05, 0) is 40.6 Å².